The van der Waals surface area contributed by atoms with E-state index < -0.39 is 5.97 Å². The molecule has 0 amide bonds. The SMILES string of the molecule is CC(C)CONCc1cc(C(=O)O)no1. The zero-order valence-corrected chi connectivity index (χ0v) is 8.69. The fourth-order valence-corrected chi connectivity index (χ4v) is 0.845. The van der Waals surface area contributed by atoms with Gasteiger partial charge in [0.2, 0.25) is 0 Å². The highest BCUT2D eigenvalue weighted by molar-refractivity contribution is 5.85. The highest BCUT2D eigenvalue weighted by Gasteiger charge is 2.09. The molecule has 6 nitrogen and oxygen atoms in total. The fraction of sp³-hybridized carbons (Fsp3) is 0.556. The van der Waals surface area contributed by atoms with E-state index in [-0.39, 0.29) is 5.69 Å². The lowest BCUT2D eigenvalue weighted by atomic mass is 10.2. The van der Waals surface area contributed by atoms with E-state index >= 15 is 0 Å². The number of hydroxylamine groups is 1. The quantitative estimate of drug-likeness (QED) is 0.544. The maximum atomic E-state index is 10.5. The van der Waals surface area contributed by atoms with Crippen molar-refractivity contribution in [2.24, 2.45) is 5.92 Å². The molecule has 1 aromatic rings. The minimum Gasteiger partial charge on any atom is -0.476 e. The molecule has 0 spiro atoms. The van der Waals surface area contributed by atoms with Gasteiger partial charge in [-0.15, -0.1) is 0 Å². The third-order valence-electron chi connectivity index (χ3n) is 1.54. The van der Waals surface area contributed by atoms with Crippen LogP contribution in [0.3, 0.4) is 0 Å². The van der Waals surface area contributed by atoms with Gasteiger partial charge < -0.3 is 14.5 Å². The van der Waals surface area contributed by atoms with Crippen LogP contribution in [0.2, 0.25) is 0 Å². The van der Waals surface area contributed by atoms with Gasteiger partial charge in [0.1, 0.15) is 0 Å². The normalized spacial score (nSPS) is 10.9. The van der Waals surface area contributed by atoms with Crippen molar-refractivity contribution in [1.29, 1.82) is 0 Å². The molecule has 0 fully saturated rings. The Morgan fingerprint density at radius 1 is 1.73 bits per heavy atom. The Bertz CT molecular complexity index is 322. The largest absolute Gasteiger partial charge is 0.476 e. The molecule has 84 valence electrons. The number of carbonyl (C=O) groups is 1. The van der Waals surface area contributed by atoms with Gasteiger partial charge in [-0.1, -0.05) is 19.0 Å². The average molecular weight is 214 g/mol. The summed E-state index contributed by atoms with van der Waals surface area (Å²) in [4.78, 5) is 15.5. The second-order valence-corrected chi connectivity index (χ2v) is 3.51. The summed E-state index contributed by atoms with van der Waals surface area (Å²) in [5.41, 5.74) is 2.56. The zero-order chi connectivity index (χ0) is 11.3. The number of rotatable bonds is 6. The molecule has 0 unspecified atom stereocenters. The molecule has 1 aromatic heterocycles. The van der Waals surface area contributed by atoms with Crippen LogP contribution in [0.4, 0.5) is 0 Å². The van der Waals surface area contributed by atoms with Crippen molar-refractivity contribution in [3.05, 3.63) is 17.5 Å². The molecule has 0 saturated carbocycles. The number of hydrogen-bond acceptors (Lipinski definition) is 5. The van der Waals surface area contributed by atoms with E-state index in [1.54, 1.807) is 0 Å². The molecule has 1 rings (SSSR count). The number of hydrogen-bond donors (Lipinski definition) is 2. The van der Waals surface area contributed by atoms with Crippen molar-refractivity contribution in [1.82, 2.24) is 10.6 Å². The third kappa shape index (κ3) is 4.09. The van der Waals surface area contributed by atoms with Gasteiger partial charge in [0.25, 0.3) is 0 Å². The van der Waals surface area contributed by atoms with Crippen LogP contribution in [-0.2, 0) is 11.4 Å². The Labute approximate surface area is 87.2 Å². The Morgan fingerprint density at radius 2 is 2.47 bits per heavy atom. The summed E-state index contributed by atoms with van der Waals surface area (Å²) < 4.78 is 4.76. The number of aromatic carboxylic acids is 1. The van der Waals surface area contributed by atoms with Crippen LogP contribution in [0.15, 0.2) is 10.6 Å². The van der Waals surface area contributed by atoms with Crippen molar-refractivity contribution < 1.29 is 19.3 Å². The van der Waals surface area contributed by atoms with Crippen LogP contribution in [0.1, 0.15) is 30.1 Å². The van der Waals surface area contributed by atoms with Gasteiger partial charge in [0, 0.05) is 6.07 Å². The standard InChI is InChI=1S/C9H14N2O4/c1-6(2)5-14-10-4-7-3-8(9(12)13)11-15-7/h3,6,10H,4-5H2,1-2H3,(H,12,13). The summed E-state index contributed by atoms with van der Waals surface area (Å²) in [6.07, 6.45) is 0. The molecule has 6 heteroatoms. The molecule has 0 aliphatic carbocycles. The number of carboxylic acid groups (broad SMARTS) is 1. The number of carboxylic acids is 1. The van der Waals surface area contributed by atoms with Gasteiger partial charge in [-0.2, -0.15) is 5.48 Å². The first kappa shape index (κ1) is 11.7. The zero-order valence-electron chi connectivity index (χ0n) is 8.69. The molecular weight excluding hydrogens is 200 g/mol. The summed E-state index contributed by atoms with van der Waals surface area (Å²) in [5.74, 6) is -0.244. The Hall–Kier alpha value is -1.40. The van der Waals surface area contributed by atoms with E-state index in [4.69, 9.17) is 14.5 Å². The summed E-state index contributed by atoms with van der Waals surface area (Å²) in [7, 11) is 0. The van der Waals surface area contributed by atoms with Crippen LogP contribution in [-0.4, -0.2) is 22.8 Å². The maximum absolute atomic E-state index is 10.5. The fourth-order valence-electron chi connectivity index (χ4n) is 0.845. The van der Waals surface area contributed by atoms with E-state index in [1.165, 1.54) is 6.07 Å². The van der Waals surface area contributed by atoms with Gasteiger partial charge in [-0.25, -0.2) is 4.79 Å². The third-order valence-corrected chi connectivity index (χ3v) is 1.54. The molecule has 0 radical (unpaired) electrons. The van der Waals surface area contributed by atoms with E-state index in [2.05, 4.69) is 10.6 Å². The first-order valence-electron chi connectivity index (χ1n) is 4.63. The minimum atomic E-state index is -1.10. The predicted molar refractivity (Wildman–Crippen MR) is 51.1 cm³/mol. The number of nitrogens with one attached hydrogen (secondary N) is 1. The molecule has 0 saturated heterocycles. The molecule has 2 N–H and O–H groups in total. The van der Waals surface area contributed by atoms with Crippen molar-refractivity contribution in [3.63, 3.8) is 0 Å². The molecule has 0 aliphatic rings. The highest BCUT2D eigenvalue weighted by Crippen LogP contribution is 2.03. The second kappa shape index (κ2) is 5.47. The molecule has 0 bridgehead atoms. The van der Waals surface area contributed by atoms with Gasteiger partial charge >= 0.3 is 5.97 Å². The van der Waals surface area contributed by atoms with E-state index in [0.29, 0.717) is 24.8 Å². The monoisotopic (exact) mass is 214 g/mol. The van der Waals surface area contributed by atoms with E-state index in [0.717, 1.165) is 0 Å². The van der Waals surface area contributed by atoms with Crippen molar-refractivity contribution in [3.8, 4) is 0 Å². The maximum Gasteiger partial charge on any atom is 0.358 e. The summed E-state index contributed by atoms with van der Waals surface area (Å²) >= 11 is 0. The Balaban J connectivity index is 2.29. The average Bonchev–Trinajstić information content (AvgIpc) is 2.60. The molecule has 1 heterocycles. The Kier molecular flexibility index (Phi) is 4.26. The lowest BCUT2D eigenvalue weighted by Gasteiger charge is -2.05. The highest BCUT2D eigenvalue weighted by atomic mass is 16.6. The topological polar surface area (TPSA) is 84.6 Å². The molecule has 0 aromatic carbocycles. The van der Waals surface area contributed by atoms with Crippen molar-refractivity contribution in [2.45, 2.75) is 20.4 Å². The van der Waals surface area contributed by atoms with E-state index in [1.807, 2.05) is 13.8 Å². The van der Waals surface area contributed by atoms with Gasteiger partial charge in [-0.3, -0.25) is 0 Å². The lowest BCUT2D eigenvalue weighted by molar-refractivity contribution is 0.0157. The van der Waals surface area contributed by atoms with Gasteiger partial charge in [0.15, 0.2) is 11.5 Å². The van der Waals surface area contributed by atoms with Crippen molar-refractivity contribution in [2.75, 3.05) is 6.61 Å². The van der Waals surface area contributed by atoms with E-state index in [9.17, 15) is 4.79 Å². The first-order valence-corrected chi connectivity index (χ1v) is 4.63. The minimum absolute atomic E-state index is 0.101. The Morgan fingerprint density at radius 3 is 3.00 bits per heavy atom. The van der Waals surface area contributed by atoms with Crippen LogP contribution in [0.25, 0.3) is 0 Å². The van der Waals surface area contributed by atoms with Gasteiger partial charge in [-0.05, 0) is 5.92 Å². The summed E-state index contributed by atoms with van der Waals surface area (Å²) in [6.45, 7) is 4.93. The summed E-state index contributed by atoms with van der Waals surface area (Å²) in [5, 5.41) is 11.9. The smallest absolute Gasteiger partial charge is 0.358 e. The van der Waals surface area contributed by atoms with Crippen LogP contribution in [0.5, 0.6) is 0 Å². The number of nitrogens with zero attached hydrogens (tertiary/aromatic N) is 1. The lowest BCUT2D eigenvalue weighted by Crippen LogP contribution is -2.17. The van der Waals surface area contributed by atoms with Crippen molar-refractivity contribution >= 4 is 5.97 Å². The first-order chi connectivity index (χ1) is 7.09. The second-order valence-electron chi connectivity index (χ2n) is 3.51. The molecule has 15 heavy (non-hydrogen) atoms. The van der Waals surface area contributed by atoms with Crippen LogP contribution in [0, 0.1) is 5.92 Å². The van der Waals surface area contributed by atoms with Crippen LogP contribution >= 0.6 is 0 Å². The summed E-state index contributed by atoms with van der Waals surface area (Å²) in [6, 6.07) is 1.36. The van der Waals surface area contributed by atoms with Gasteiger partial charge in [0.05, 0.1) is 13.2 Å². The number of aromatic nitrogens is 1. The molecule has 0 atom stereocenters. The molecular formula is C9H14N2O4. The predicted octanol–water partition coefficient (Wildman–Crippen LogP) is 1.05. The van der Waals surface area contributed by atoms with Crippen LogP contribution < -0.4 is 5.48 Å². The molecule has 0 aliphatic heterocycles.